The van der Waals surface area contributed by atoms with Crippen LogP contribution in [0.2, 0.25) is 10.0 Å². The maximum absolute atomic E-state index is 13.8. The number of alkyl halides is 2. The molecule has 0 unspecified atom stereocenters. The fraction of sp³-hybridized carbons (Fsp3) is 0.0952. The molecule has 7 nitrogen and oxygen atoms in total. The Balaban J connectivity index is 1.78. The van der Waals surface area contributed by atoms with Crippen LogP contribution in [0.1, 0.15) is 28.5 Å². The molecule has 0 saturated carbocycles. The Bertz CT molecular complexity index is 1500. The van der Waals surface area contributed by atoms with Gasteiger partial charge in [-0.15, -0.1) is 0 Å². The molecule has 0 bridgehead atoms. The minimum Gasteiger partial charge on any atom is -0.346 e. The highest BCUT2D eigenvalue weighted by atomic mass is 35.5. The first-order valence-corrected chi connectivity index (χ1v) is 11.5. The summed E-state index contributed by atoms with van der Waals surface area (Å²) >= 11 is 11.8. The summed E-state index contributed by atoms with van der Waals surface area (Å²) in [5, 5.41) is 0.290. The van der Waals surface area contributed by atoms with Gasteiger partial charge in [-0.1, -0.05) is 23.2 Å². The SMILES string of the molecule is CC(F)(F)c1cc(S(=O)(=O)Nc2cc(Cl)cnc2C(=O)c2ccnc3[nH]ccc23)ccc1Cl. The molecule has 0 amide bonds. The van der Waals surface area contributed by atoms with Gasteiger partial charge in [0.15, 0.2) is 0 Å². The van der Waals surface area contributed by atoms with Crippen molar-refractivity contribution in [2.75, 3.05) is 4.72 Å². The summed E-state index contributed by atoms with van der Waals surface area (Å²) in [5.41, 5.74) is -0.402. The topological polar surface area (TPSA) is 105 Å². The van der Waals surface area contributed by atoms with Gasteiger partial charge in [-0.2, -0.15) is 0 Å². The Kier molecular flexibility index (Phi) is 5.85. The molecule has 0 saturated heterocycles. The van der Waals surface area contributed by atoms with Gasteiger partial charge in [-0.3, -0.25) is 9.52 Å². The van der Waals surface area contributed by atoms with Gasteiger partial charge in [-0.05, 0) is 36.4 Å². The van der Waals surface area contributed by atoms with Crippen LogP contribution in [0, 0.1) is 0 Å². The van der Waals surface area contributed by atoms with Crippen molar-refractivity contribution < 1.29 is 22.0 Å². The molecule has 3 heterocycles. The van der Waals surface area contributed by atoms with Crippen molar-refractivity contribution in [1.82, 2.24) is 15.0 Å². The summed E-state index contributed by atoms with van der Waals surface area (Å²) in [4.78, 5) is 23.8. The molecule has 2 N–H and O–H groups in total. The average molecular weight is 511 g/mol. The van der Waals surface area contributed by atoms with Crippen LogP contribution in [0.3, 0.4) is 0 Å². The van der Waals surface area contributed by atoms with Crippen molar-refractivity contribution in [3.05, 3.63) is 81.9 Å². The molecule has 3 aromatic heterocycles. The molecule has 0 aliphatic rings. The number of hydrogen-bond acceptors (Lipinski definition) is 5. The molecule has 0 fully saturated rings. The van der Waals surface area contributed by atoms with Crippen LogP contribution in [0.4, 0.5) is 14.5 Å². The summed E-state index contributed by atoms with van der Waals surface area (Å²) in [5.74, 6) is -3.96. The van der Waals surface area contributed by atoms with Gasteiger partial charge in [0.1, 0.15) is 11.3 Å². The van der Waals surface area contributed by atoms with Crippen LogP contribution >= 0.6 is 23.2 Å². The normalized spacial score (nSPS) is 12.2. The summed E-state index contributed by atoms with van der Waals surface area (Å²) in [7, 11) is -4.41. The lowest BCUT2D eigenvalue weighted by Crippen LogP contribution is -2.18. The lowest BCUT2D eigenvalue weighted by atomic mass is 10.0. The second-order valence-electron chi connectivity index (χ2n) is 7.11. The van der Waals surface area contributed by atoms with Crippen LogP contribution < -0.4 is 4.72 Å². The van der Waals surface area contributed by atoms with E-state index in [1.54, 1.807) is 12.3 Å². The molecule has 12 heteroatoms. The number of ketones is 1. The molecule has 1 aromatic carbocycles. The van der Waals surface area contributed by atoms with E-state index in [4.69, 9.17) is 23.2 Å². The number of carbonyl (C=O) groups excluding carboxylic acids is 1. The van der Waals surface area contributed by atoms with E-state index >= 15 is 0 Å². The minimum absolute atomic E-state index is 0.0580. The first-order chi connectivity index (χ1) is 15.5. The minimum atomic E-state index is -4.41. The Hall–Kier alpha value is -3.08. The number of aromatic nitrogens is 3. The van der Waals surface area contributed by atoms with Gasteiger partial charge in [0.05, 0.1) is 15.6 Å². The largest absolute Gasteiger partial charge is 0.346 e. The summed E-state index contributed by atoms with van der Waals surface area (Å²) in [6.07, 6.45) is 4.22. The molecule has 4 aromatic rings. The van der Waals surface area contributed by atoms with E-state index < -0.39 is 32.2 Å². The van der Waals surface area contributed by atoms with Crippen LogP contribution in [0.25, 0.3) is 11.0 Å². The Labute approximate surface area is 196 Å². The number of halogens is 4. The van der Waals surface area contributed by atoms with Gasteiger partial charge in [0, 0.05) is 47.1 Å². The predicted octanol–water partition coefficient (Wildman–Crippen LogP) is 5.41. The van der Waals surface area contributed by atoms with Gasteiger partial charge in [0.2, 0.25) is 5.78 Å². The standard InChI is InChI=1S/C21H14Cl2F2N4O3S/c1-21(24,25)15-9-12(2-3-16(15)23)33(31,32)29-17-8-11(22)10-28-18(17)19(30)13-4-6-26-20-14(13)5-7-27-20/h2-10,29H,1H3,(H,26,27). The van der Waals surface area contributed by atoms with Gasteiger partial charge in [-0.25, -0.2) is 27.2 Å². The van der Waals surface area contributed by atoms with Crippen LogP contribution in [0.5, 0.6) is 0 Å². The molecule has 0 radical (unpaired) electrons. The highest BCUT2D eigenvalue weighted by Gasteiger charge is 2.30. The van der Waals surface area contributed by atoms with Gasteiger partial charge in [0.25, 0.3) is 15.9 Å². The average Bonchev–Trinajstić information content (AvgIpc) is 3.21. The van der Waals surface area contributed by atoms with Crippen molar-refractivity contribution in [2.24, 2.45) is 0 Å². The molecule has 0 aliphatic carbocycles. The maximum Gasteiger partial charge on any atom is 0.272 e. The Morgan fingerprint density at radius 2 is 1.88 bits per heavy atom. The third-order valence-corrected chi connectivity index (χ3v) is 6.64. The van der Waals surface area contributed by atoms with E-state index in [0.717, 1.165) is 18.2 Å². The van der Waals surface area contributed by atoms with Crippen molar-refractivity contribution in [2.45, 2.75) is 17.7 Å². The number of hydrogen-bond donors (Lipinski definition) is 2. The van der Waals surface area contributed by atoms with Gasteiger partial charge < -0.3 is 4.98 Å². The number of fused-ring (bicyclic) bond motifs is 1. The third-order valence-electron chi connectivity index (χ3n) is 4.74. The van der Waals surface area contributed by atoms with E-state index in [2.05, 4.69) is 19.7 Å². The van der Waals surface area contributed by atoms with Crippen LogP contribution in [-0.2, 0) is 15.9 Å². The van der Waals surface area contributed by atoms with Crippen molar-refractivity contribution >= 4 is 55.7 Å². The highest BCUT2D eigenvalue weighted by molar-refractivity contribution is 7.92. The number of carbonyl (C=O) groups is 1. The van der Waals surface area contributed by atoms with Crippen molar-refractivity contribution in [3.8, 4) is 0 Å². The molecular formula is C21H14Cl2F2N4O3S. The Morgan fingerprint density at radius 3 is 2.61 bits per heavy atom. The number of nitrogens with zero attached hydrogens (tertiary/aromatic N) is 2. The number of rotatable bonds is 6. The number of nitrogens with one attached hydrogen (secondary N) is 2. The predicted molar refractivity (Wildman–Crippen MR) is 121 cm³/mol. The molecular weight excluding hydrogens is 497 g/mol. The molecule has 0 aliphatic heterocycles. The zero-order valence-corrected chi connectivity index (χ0v) is 19.1. The monoisotopic (exact) mass is 510 g/mol. The van der Waals surface area contributed by atoms with E-state index in [-0.39, 0.29) is 27.0 Å². The maximum atomic E-state index is 13.8. The summed E-state index contributed by atoms with van der Waals surface area (Å²) in [6.45, 7) is 0.603. The summed E-state index contributed by atoms with van der Waals surface area (Å²) in [6, 6.07) is 7.24. The fourth-order valence-electron chi connectivity index (χ4n) is 3.20. The lowest BCUT2D eigenvalue weighted by molar-refractivity contribution is 0.0174. The molecule has 4 rings (SSSR count). The number of aromatic amines is 1. The number of sulfonamides is 1. The second kappa shape index (κ2) is 8.36. The third kappa shape index (κ3) is 4.54. The highest BCUT2D eigenvalue weighted by Crippen LogP contribution is 2.35. The summed E-state index contributed by atoms with van der Waals surface area (Å²) < 4.78 is 55.9. The fourth-order valence-corrected chi connectivity index (χ4v) is 4.72. The zero-order valence-electron chi connectivity index (χ0n) is 16.7. The molecule has 33 heavy (non-hydrogen) atoms. The molecule has 170 valence electrons. The lowest BCUT2D eigenvalue weighted by Gasteiger charge is -2.16. The molecule has 0 atom stereocenters. The molecule has 0 spiro atoms. The number of benzene rings is 1. The number of anilines is 1. The van der Waals surface area contributed by atoms with E-state index in [1.165, 1.54) is 24.5 Å². The number of H-pyrrole nitrogens is 1. The van der Waals surface area contributed by atoms with Gasteiger partial charge >= 0.3 is 0 Å². The van der Waals surface area contributed by atoms with Crippen LogP contribution in [0.15, 0.2) is 59.9 Å². The number of pyridine rings is 2. The zero-order chi connectivity index (χ0) is 24.0. The smallest absolute Gasteiger partial charge is 0.272 e. The van der Waals surface area contributed by atoms with E-state index in [9.17, 15) is 22.0 Å². The first kappa shape index (κ1) is 23.1. The van der Waals surface area contributed by atoms with E-state index in [0.29, 0.717) is 18.0 Å². The van der Waals surface area contributed by atoms with Crippen molar-refractivity contribution in [1.29, 1.82) is 0 Å². The van der Waals surface area contributed by atoms with E-state index in [1.807, 2.05) is 0 Å². The second-order valence-corrected chi connectivity index (χ2v) is 9.64. The van der Waals surface area contributed by atoms with Crippen LogP contribution in [-0.4, -0.2) is 29.2 Å². The van der Waals surface area contributed by atoms with Crippen molar-refractivity contribution in [3.63, 3.8) is 0 Å². The quantitative estimate of drug-likeness (QED) is 0.337. The Morgan fingerprint density at radius 1 is 1.12 bits per heavy atom. The first-order valence-electron chi connectivity index (χ1n) is 9.30.